The molecule has 0 saturated carbocycles. The van der Waals surface area contributed by atoms with Gasteiger partial charge in [-0.05, 0) is 19.3 Å². The lowest BCUT2D eigenvalue weighted by molar-refractivity contribution is -0.144. The number of carbonyl (C=O) groups excluding carboxylic acids is 3. The van der Waals surface area contributed by atoms with E-state index in [0.29, 0.717) is 6.42 Å². The van der Waals surface area contributed by atoms with E-state index in [9.17, 15) is 34.2 Å². The lowest BCUT2D eigenvalue weighted by Crippen LogP contribution is -2.55. The summed E-state index contributed by atoms with van der Waals surface area (Å²) >= 11 is 0. The number of nitrogens with two attached hydrogens (primary N) is 1. The van der Waals surface area contributed by atoms with Crippen LogP contribution < -0.4 is 21.7 Å². The highest BCUT2D eigenvalue weighted by Gasteiger charge is 2.30. The number of carboxylic acid groups (broad SMARTS) is 2. The van der Waals surface area contributed by atoms with Gasteiger partial charge in [-0.1, -0.05) is 20.3 Å². The minimum absolute atomic E-state index is 0.277. The van der Waals surface area contributed by atoms with Gasteiger partial charge in [-0.2, -0.15) is 0 Å². The largest absolute Gasteiger partial charge is 0.481 e. The summed E-state index contributed by atoms with van der Waals surface area (Å²) in [4.78, 5) is 58.3. The van der Waals surface area contributed by atoms with Crippen molar-refractivity contribution in [1.82, 2.24) is 16.0 Å². The summed E-state index contributed by atoms with van der Waals surface area (Å²) in [7, 11) is 0. The van der Waals surface area contributed by atoms with Crippen LogP contribution in [-0.2, 0) is 24.0 Å². The molecule has 0 aromatic carbocycles. The maximum absolute atomic E-state index is 12.4. The standard InChI is InChI=1S/C17H30N4O8/c1-4-8(2)14(17(28)29)21-15(26)10(5-6-12(24)25)20-11(23)7-19-16(27)13(18)9(3)22/h8-10,13-14,22H,4-7,18H2,1-3H3,(H,19,27)(H,20,23)(H,21,26)(H,24,25)(H,28,29)/t8-,9+,10-,13-,14-/m0/s1. The molecule has 12 heteroatoms. The fourth-order valence-electron chi connectivity index (χ4n) is 2.22. The van der Waals surface area contributed by atoms with Gasteiger partial charge in [0.2, 0.25) is 17.7 Å². The molecule has 0 aliphatic carbocycles. The van der Waals surface area contributed by atoms with Crippen molar-refractivity contribution in [2.24, 2.45) is 11.7 Å². The summed E-state index contributed by atoms with van der Waals surface area (Å²) in [5.74, 6) is -5.30. The van der Waals surface area contributed by atoms with E-state index in [0.717, 1.165) is 0 Å². The molecule has 166 valence electrons. The van der Waals surface area contributed by atoms with E-state index in [1.165, 1.54) is 6.92 Å². The summed E-state index contributed by atoms with van der Waals surface area (Å²) < 4.78 is 0. The molecule has 0 saturated heterocycles. The first-order valence-electron chi connectivity index (χ1n) is 9.16. The van der Waals surface area contributed by atoms with Gasteiger partial charge >= 0.3 is 11.9 Å². The van der Waals surface area contributed by atoms with Gasteiger partial charge in [0.25, 0.3) is 0 Å². The Kier molecular flexibility index (Phi) is 11.5. The summed E-state index contributed by atoms with van der Waals surface area (Å²) in [5.41, 5.74) is 5.42. The molecule has 0 aromatic rings. The molecule has 0 fully saturated rings. The highest BCUT2D eigenvalue weighted by Crippen LogP contribution is 2.09. The quantitative estimate of drug-likeness (QED) is 0.172. The molecule has 0 aromatic heterocycles. The van der Waals surface area contributed by atoms with Gasteiger partial charge in [0, 0.05) is 6.42 Å². The first-order valence-corrected chi connectivity index (χ1v) is 9.16. The van der Waals surface area contributed by atoms with E-state index in [-0.39, 0.29) is 6.42 Å². The number of amides is 3. The van der Waals surface area contributed by atoms with Crippen LogP contribution >= 0.6 is 0 Å². The average Bonchev–Trinajstić information content (AvgIpc) is 2.65. The molecule has 3 amide bonds. The number of rotatable bonds is 13. The molecule has 12 nitrogen and oxygen atoms in total. The molecule has 0 rings (SSSR count). The van der Waals surface area contributed by atoms with Crippen LogP contribution in [0.3, 0.4) is 0 Å². The van der Waals surface area contributed by atoms with E-state index in [2.05, 4.69) is 16.0 Å². The predicted molar refractivity (Wildman–Crippen MR) is 100 cm³/mol. The Balaban J connectivity index is 5.05. The number of hydrogen-bond acceptors (Lipinski definition) is 7. The average molecular weight is 418 g/mol. The van der Waals surface area contributed by atoms with Crippen LogP contribution in [0.2, 0.25) is 0 Å². The van der Waals surface area contributed by atoms with Gasteiger partial charge in [0.15, 0.2) is 0 Å². The van der Waals surface area contributed by atoms with Crippen LogP contribution in [0.25, 0.3) is 0 Å². The van der Waals surface area contributed by atoms with Gasteiger partial charge in [-0.3, -0.25) is 19.2 Å². The third-order valence-corrected chi connectivity index (χ3v) is 4.32. The Morgan fingerprint density at radius 3 is 2.03 bits per heavy atom. The number of aliphatic hydroxyl groups is 1. The van der Waals surface area contributed by atoms with E-state index in [1.807, 2.05) is 0 Å². The predicted octanol–water partition coefficient (Wildman–Crippen LogP) is -2.22. The Hall–Kier alpha value is -2.73. The fourth-order valence-corrected chi connectivity index (χ4v) is 2.22. The van der Waals surface area contributed by atoms with Crippen LogP contribution in [0.1, 0.15) is 40.0 Å². The Morgan fingerprint density at radius 2 is 1.59 bits per heavy atom. The van der Waals surface area contributed by atoms with Crippen molar-refractivity contribution < 1.29 is 39.3 Å². The molecule has 0 spiro atoms. The summed E-state index contributed by atoms with van der Waals surface area (Å²) in [5, 5.41) is 34.1. The number of carbonyl (C=O) groups is 5. The molecular formula is C17H30N4O8. The van der Waals surface area contributed by atoms with Crippen molar-refractivity contribution >= 4 is 29.7 Å². The SMILES string of the molecule is CC[C@H](C)[C@H](NC(=O)[C@H](CCC(=O)O)NC(=O)CNC(=O)[C@@H](N)[C@@H](C)O)C(=O)O. The second-order valence-corrected chi connectivity index (χ2v) is 6.75. The zero-order chi connectivity index (χ0) is 22.7. The van der Waals surface area contributed by atoms with E-state index in [1.54, 1.807) is 13.8 Å². The molecule has 0 bridgehead atoms. The molecule has 0 radical (unpaired) electrons. The van der Waals surface area contributed by atoms with Crippen molar-refractivity contribution in [1.29, 1.82) is 0 Å². The molecule has 5 atom stereocenters. The lowest BCUT2D eigenvalue weighted by Gasteiger charge is -2.24. The molecule has 0 aliphatic rings. The van der Waals surface area contributed by atoms with Crippen molar-refractivity contribution in [2.75, 3.05) is 6.54 Å². The smallest absolute Gasteiger partial charge is 0.326 e. The van der Waals surface area contributed by atoms with Gasteiger partial charge in [-0.25, -0.2) is 4.79 Å². The summed E-state index contributed by atoms with van der Waals surface area (Å²) in [6, 6.07) is -3.77. The Bertz CT molecular complexity index is 610. The Morgan fingerprint density at radius 1 is 1.00 bits per heavy atom. The highest BCUT2D eigenvalue weighted by molar-refractivity contribution is 5.92. The normalized spacial score (nSPS) is 15.9. The van der Waals surface area contributed by atoms with E-state index < -0.39 is 72.8 Å². The minimum Gasteiger partial charge on any atom is -0.481 e. The summed E-state index contributed by atoms with van der Waals surface area (Å²) in [6.07, 6.45) is -1.39. The molecular weight excluding hydrogens is 388 g/mol. The van der Waals surface area contributed by atoms with Gasteiger partial charge in [0.1, 0.15) is 18.1 Å². The molecule has 29 heavy (non-hydrogen) atoms. The van der Waals surface area contributed by atoms with Crippen LogP contribution in [0, 0.1) is 5.92 Å². The van der Waals surface area contributed by atoms with Crippen LogP contribution in [0.4, 0.5) is 0 Å². The lowest BCUT2D eigenvalue weighted by atomic mass is 9.98. The van der Waals surface area contributed by atoms with Crippen molar-refractivity contribution in [3.05, 3.63) is 0 Å². The van der Waals surface area contributed by atoms with Crippen LogP contribution in [0.5, 0.6) is 0 Å². The number of hydrogen-bond donors (Lipinski definition) is 7. The highest BCUT2D eigenvalue weighted by atomic mass is 16.4. The third-order valence-electron chi connectivity index (χ3n) is 4.32. The topological polar surface area (TPSA) is 208 Å². The van der Waals surface area contributed by atoms with Crippen molar-refractivity contribution in [3.63, 3.8) is 0 Å². The second-order valence-electron chi connectivity index (χ2n) is 6.75. The van der Waals surface area contributed by atoms with Crippen LogP contribution in [0.15, 0.2) is 0 Å². The second kappa shape index (κ2) is 12.7. The van der Waals surface area contributed by atoms with Gasteiger partial charge in [-0.15, -0.1) is 0 Å². The fraction of sp³-hybridized carbons (Fsp3) is 0.706. The number of nitrogens with one attached hydrogen (secondary N) is 3. The molecule has 0 heterocycles. The van der Waals surface area contributed by atoms with Gasteiger partial charge in [0.05, 0.1) is 12.6 Å². The number of carboxylic acids is 2. The number of aliphatic carboxylic acids is 2. The zero-order valence-electron chi connectivity index (χ0n) is 16.7. The van der Waals surface area contributed by atoms with E-state index in [4.69, 9.17) is 10.8 Å². The molecule has 0 aliphatic heterocycles. The van der Waals surface area contributed by atoms with Gasteiger partial charge < -0.3 is 37.0 Å². The minimum atomic E-state index is -1.31. The monoisotopic (exact) mass is 418 g/mol. The maximum atomic E-state index is 12.4. The molecule has 0 unspecified atom stereocenters. The first-order chi connectivity index (χ1) is 13.4. The molecule has 8 N–H and O–H groups in total. The maximum Gasteiger partial charge on any atom is 0.326 e. The van der Waals surface area contributed by atoms with Crippen LogP contribution in [-0.4, -0.2) is 75.8 Å². The summed E-state index contributed by atoms with van der Waals surface area (Å²) in [6.45, 7) is 4.11. The Labute approximate surface area is 168 Å². The van der Waals surface area contributed by atoms with Crippen molar-refractivity contribution in [3.8, 4) is 0 Å². The van der Waals surface area contributed by atoms with E-state index >= 15 is 0 Å². The first kappa shape index (κ1) is 26.3. The zero-order valence-corrected chi connectivity index (χ0v) is 16.7. The number of aliphatic hydroxyl groups excluding tert-OH is 1. The third kappa shape index (κ3) is 9.85. The van der Waals surface area contributed by atoms with Crippen molar-refractivity contribution in [2.45, 2.75) is 64.3 Å².